The van der Waals surface area contributed by atoms with Gasteiger partial charge in [0.05, 0.1) is 17.1 Å². The van der Waals surface area contributed by atoms with Gasteiger partial charge in [0.2, 0.25) is 5.91 Å². The Morgan fingerprint density at radius 3 is 3.07 bits per heavy atom. The predicted octanol–water partition coefficient (Wildman–Crippen LogP) is 4.07. The topological polar surface area (TPSA) is 78.7 Å². The lowest BCUT2D eigenvalue weighted by atomic mass is 9.84. The molecule has 27 heavy (non-hydrogen) atoms. The molecule has 1 atom stereocenters. The van der Waals surface area contributed by atoms with E-state index in [0.29, 0.717) is 12.0 Å². The zero-order valence-electron chi connectivity index (χ0n) is 15.2. The van der Waals surface area contributed by atoms with Gasteiger partial charge >= 0.3 is 0 Å². The van der Waals surface area contributed by atoms with Crippen LogP contribution in [0, 0.1) is 11.3 Å². The van der Waals surface area contributed by atoms with Gasteiger partial charge in [-0.05, 0) is 54.2 Å². The molecule has 1 aromatic carbocycles. The molecule has 1 aliphatic carbocycles. The lowest BCUT2D eigenvalue weighted by Crippen LogP contribution is -2.30. The smallest absolute Gasteiger partial charge is 0.220 e. The van der Waals surface area contributed by atoms with E-state index in [4.69, 9.17) is 0 Å². The molecule has 0 fully saturated rings. The summed E-state index contributed by atoms with van der Waals surface area (Å²) < 4.78 is 0. The minimum absolute atomic E-state index is 0.00575. The Morgan fingerprint density at radius 1 is 1.37 bits per heavy atom. The number of amides is 1. The van der Waals surface area contributed by atoms with Gasteiger partial charge in [-0.25, -0.2) is 0 Å². The average Bonchev–Trinajstić information content (AvgIpc) is 2.72. The first-order chi connectivity index (χ1) is 13.2. The van der Waals surface area contributed by atoms with Crippen molar-refractivity contribution in [2.24, 2.45) is 0 Å². The molecular weight excluding hydrogens is 336 g/mol. The van der Waals surface area contributed by atoms with Crippen molar-refractivity contribution in [1.82, 2.24) is 15.3 Å². The fourth-order valence-electron chi connectivity index (χ4n) is 3.85. The van der Waals surface area contributed by atoms with E-state index in [-0.39, 0.29) is 11.9 Å². The summed E-state index contributed by atoms with van der Waals surface area (Å²) in [6, 6.07) is 10.1. The van der Waals surface area contributed by atoms with Crippen LogP contribution in [0.1, 0.15) is 48.9 Å². The highest BCUT2D eigenvalue weighted by Gasteiger charge is 2.24. The van der Waals surface area contributed by atoms with E-state index in [1.54, 1.807) is 6.20 Å². The summed E-state index contributed by atoms with van der Waals surface area (Å²) >= 11 is 0. The normalized spacial score (nSPS) is 15.8. The van der Waals surface area contributed by atoms with Crippen molar-refractivity contribution in [1.29, 1.82) is 5.26 Å². The van der Waals surface area contributed by atoms with E-state index >= 15 is 0 Å². The van der Waals surface area contributed by atoms with Crippen LogP contribution in [0.5, 0.6) is 0 Å². The van der Waals surface area contributed by atoms with Gasteiger partial charge < -0.3 is 5.32 Å². The van der Waals surface area contributed by atoms with Gasteiger partial charge in [-0.3, -0.25) is 14.8 Å². The van der Waals surface area contributed by atoms with Crippen LogP contribution < -0.4 is 5.32 Å². The summed E-state index contributed by atoms with van der Waals surface area (Å²) in [6.07, 6.45) is 8.79. The first-order valence-electron chi connectivity index (χ1n) is 9.26. The molecule has 1 amide bonds. The number of nitriles is 1. The molecule has 3 aromatic rings. The van der Waals surface area contributed by atoms with Gasteiger partial charge in [-0.2, -0.15) is 5.26 Å². The lowest BCUT2D eigenvalue weighted by molar-refractivity contribution is -0.121. The molecule has 0 spiro atoms. The van der Waals surface area contributed by atoms with Crippen molar-refractivity contribution in [3.8, 4) is 17.2 Å². The third-order valence-electron chi connectivity index (χ3n) is 5.18. The van der Waals surface area contributed by atoms with Crippen molar-refractivity contribution in [3.63, 3.8) is 0 Å². The van der Waals surface area contributed by atoms with Crippen molar-refractivity contribution in [2.75, 3.05) is 0 Å². The molecule has 1 aliphatic rings. The summed E-state index contributed by atoms with van der Waals surface area (Å²) in [5.74, 6) is 0.0572. The Morgan fingerprint density at radius 2 is 2.26 bits per heavy atom. The standard InChI is InChI=1S/C22H20N4O/c1-2-21(27)26-20-7-3-6-17-18(12-24-13-19(17)20)15-9-14-5-4-8-25-22(14)16(10-15)11-23/h4-5,8-10,12-13,20H,2-3,6-7H2,1H3,(H,26,27)/t20-/m1/s1. The summed E-state index contributed by atoms with van der Waals surface area (Å²) in [7, 11) is 0. The molecule has 1 N–H and O–H groups in total. The Bertz CT molecular complexity index is 1070. The number of rotatable bonds is 3. The van der Waals surface area contributed by atoms with Gasteiger partial charge in [0.25, 0.3) is 0 Å². The Balaban J connectivity index is 1.84. The van der Waals surface area contributed by atoms with Gasteiger partial charge in [0.15, 0.2) is 0 Å². The molecule has 2 aromatic heterocycles. The van der Waals surface area contributed by atoms with Gasteiger partial charge in [0, 0.05) is 36.0 Å². The minimum atomic E-state index is 0.00575. The number of hydrogen-bond acceptors (Lipinski definition) is 4. The second-order valence-corrected chi connectivity index (χ2v) is 6.83. The number of pyridine rings is 2. The zero-order valence-corrected chi connectivity index (χ0v) is 15.2. The molecule has 4 rings (SSSR count). The van der Waals surface area contributed by atoms with Crippen LogP contribution in [0.15, 0.2) is 42.9 Å². The molecular formula is C22H20N4O. The third kappa shape index (κ3) is 3.15. The molecule has 134 valence electrons. The highest BCUT2D eigenvalue weighted by molar-refractivity contribution is 5.89. The van der Waals surface area contributed by atoms with Crippen LogP contribution in [-0.2, 0) is 11.2 Å². The number of carbonyl (C=O) groups excluding carboxylic acids is 1. The maximum atomic E-state index is 11.9. The van der Waals surface area contributed by atoms with Crippen LogP contribution in [0.25, 0.3) is 22.0 Å². The first-order valence-corrected chi connectivity index (χ1v) is 9.26. The highest BCUT2D eigenvalue weighted by atomic mass is 16.1. The van der Waals surface area contributed by atoms with Crippen LogP contribution in [0.4, 0.5) is 0 Å². The third-order valence-corrected chi connectivity index (χ3v) is 5.18. The summed E-state index contributed by atoms with van der Waals surface area (Å²) in [5, 5.41) is 13.6. The van der Waals surface area contributed by atoms with Gasteiger partial charge in [-0.1, -0.05) is 13.0 Å². The fourth-order valence-corrected chi connectivity index (χ4v) is 3.85. The largest absolute Gasteiger partial charge is 0.349 e. The Labute approximate surface area is 158 Å². The quantitative estimate of drug-likeness (QED) is 0.767. The molecule has 0 saturated carbocycles. The average molecular weight is 356 g/mol. The predicted molar refractivity (Wildman–Crippen MR) is 104 cm³/mol. The summed E-state index contributed by atoms with van der Waals surface area (Å²) in [5.41, 5.74) is 5.58. The van der Waals surface area contributed by atoms with E-state index in [1.165, 1.54) is 5.56 Å². The van der Waals surface area contributed by atoms with E-state index in [2.05, 4.69) is 27.4 Å². The second kappa shape index (κ2) is 7.16. The van der Waals surface area contributed by atoms with Crippen LogP contribution >= 0.6 is 0 Å². The first kappa shape index (κ1) is 17.2. The van der Waals surface area contributed by atoms with Crippen molar-refractivity contribution < 1.29 is 4.79 Å². The van der Waals surface area contributed by atoms with E-state index in [0.717, 1.165) is 46.9 Å². The number of benzene rings is 1. The maximum absolute atomic E-state index is 11.9. The number of carbonyl (C=O) groups is 1. The minimum Gasteiger partial charge on any atom is -0.349 e. The molecule has 0 saturated heterocycles. The fraction of sp³-hybridized carbons (Fsp3) is 0.273. The van der Waals surface area contributed by atoms with Crippen molar-refractivity contribution >= 4 is 16.8 Å². The SMILES string of the molecule is CCC(=O)N[C@@H]1CCCc2c(-c3cc(C#N)c4ncccc4c3)cncc21. The van der Waals surface area contributed by atoms with Gasteiger partial charge in [0.1, 0.15) is 6.07 Å². The van der Waals surface area contributed by atoms with Gasteiger partial charge in [-0.15, -0.1) is 0 Å². The second-order valence-electron chi connectivity index (χ2n) is 6.83. The van der Waals surface area contributed by atoms with Crippen molar-refractivity contribution in [2.45, 2.75) is 38.6 Å². The molecule has 5 heteroatoms. The van der Waals surface area contributed by atoms with E-state index in [1.807, 2.05) is 37.5 Å². The summed E-state index contributed by atoms with van der Waals surface area (Å²) in [6.45, 7) is 1.86. The van der Waals surface area contributed by atoms with E-state index < -0.39 is 0 Å². The molecule has 0 aliphatic heterocycles. The number of fused-ring (bicyclic) bond motifs is 2. The van der Waals surface area contributed by atoms with Crippen LogP contribution in [0.2, 0.25) is 0 Å². The molecule has 0 unspecified atom stereocenters. The molecule has 2 heterocycles. The highest BCUT2D eigenvalue weighted by Crippen LogP contribution is 2.37. The lowest BCUT2D eigenvalue weighted by Gasteiger charge is -2.27. The van der Waals surface area contributed by atoms with Crippen LogP contribution in [0.3, 0.4) is 0 Å². The zero-order chi connectivity index (χ0) is 18.8. The number of aromatic nitrogens is 2. The molecule has 0 radical (unpaired) electrons. The van der Waals surface area contributed by atoms with Crippen molar-refractivity contribution in [3.05, 3.63) is 59.5 Å². The number of nitrogens with zero attached hydrogens (tertiary/aromatic N) is 3. The number of hydrogen-bond donors (Lipinski definition) is 1. The molecule has 5 nitrogen and oxygen atoms in total. The monoisotopic (exact) mass is 356 g/mol. The Hall–Kier alpha value is -3.26. The van der Waals surface area contributed by atoms with Crippen LogP contribution in [-0.4, -0.2) is 15.9 Å². The van der Waals surface area contributed by atoms with E-state index in [9.17, 15) is 10.1 Å². The Kier molecular flexibility index (Phi) is 4.55. The summed E-state index contributed by atoms with van der Waals surface area (Å²) in [4.78, 5) is 20.7. The maximum Gasteiger partial charge on any atom is 0.220 e. The molecule has 0 bridgehead atoms. The number of nitrogens with one attached hydrogen (secondary N) is 1.